The quantitative estimate of drug-likeness (QED) is 0.800. The average molecular weight is 234 g/mol. The topological polar surface area (TPSA) is 39.5 Å². The van der Waals surface area contributed by atoms with Crippen molar-refractivity contribution in [3.05, 3.63) is 18.2 Å². The summed E-state index contributed by atoms with van der Waals surface area (Å²) in [6.07, 6.45) is 0. The molecule has 1 fully saturated rings. The fourth-order valence-electron chi connectivity index (χ4n) is 2.20. The first-order valence-electron chi connectivity index (χ1n) is 6.11. The van der Waals surface area contributed by atoms with Crippen LogP contribution in [0.2, 0.25) is 0 Å². The number of hydrogen-bond donors (Lipinski definition) is 0. The Hall–Kier alpha value is -1.42. The summed E-state index contributed by atoms with van der Waals surface area (Å²) in [5.74, 6) is 0.653. The van der Waals surface area contributed by atoms with Crippen molar-refractivity contribution in [1.29, 1.82) is 0 Å². The molecule has 0 unspecified atom stereocenters. The summed E-state index contributed by atoms with van der Waals surface area (Å²) in [4.78, 5) is 4.81. The van der Waals surface area contributed by atoms with Crippen LogP contribution in [0.5, 0.6) is 5.75 Å². The van der Waals surface area contributed by atoms with Gasteiger partial charge in [0.05, 0.1) is 12.8 Å². The van der Waals surface area contributed by atoms with Crippen molar-refractivity contribution in [2.75, 3.05) is 44.7 Å². The highest BCUT2D eigenvalue weighted by atomic mass is 16.5. The van der Waals surface area contributed by atoms with Gasteiger partial charge in [-0.1, -0.05) is 6.92 Å². The summed E-state index contributed by atoms with van der Waals surface area (Å²) in [6.45, 7) is 7.65. The van der Waals surface area contributed by atoms with E-state index in [1.807, 2.05) is 12.1 Å². The molecule has 0 spiro atoms. The number of anilines is 1. The summed E-state index contributed by atoms with van der Waals surface area (Å²) in [6, 6.07) is 5.77. The molecule has 0 bridgehead atoms. The highest BCUT2D eigenvalue weighted by molar-refractivity contribution is 5.60. The first kappa shape index (κ1) is 12.0. The molecule has 1 N–H and O–H groups in total. The lowest BCUT2D eigenvalue weighted by Gasteiger charge is -2.35. The minimum Gasteiger partial charge on any atom is -0.494 e. The van der Waals surface area contributed by atoms with Crippen LogP contribution in [-0.2, 0) is 0 Å². The zero-order valence-electron chi connectivity index (χ0n) is 10.6. The Morgan fingerprint density at radius 3 is 2.53 bits per heavy atom. The van der Waals surface area contributed by atoms with Gasteiger partial charge in [0.15, 0.2) is 0 Å². The van der Waals surface area contributed by atoms with Crippen molar-refractivity contribution in [3.63, 3.8) is 0 Å². The summed E-state index contributed by atoms with van der Waals surface area (Å²) in [7, 11) is 1.62. The van der Waals surface area contributed by atoms with E-state index in [4.69, 9.17) is 10.5 Å². The predicted octanol–water partition coefficient (Wildman–Crippen LogP) is 1.75. The molecule has 2 rings (SSSR count). The lowest BCUT2D eigenvalue weighted by Crippen LogP contribution is -2.46. The maximum atomic E-state index is 7.69. The van der Waals surface area contributed by atoms with E-state index in [1.165, 1.54) is 0 Å². The summed E-state index contributed by atoms with van der Waals surface area (Å²) in [5.41, 5.74) is 9.30. The Bertz CT molecular complexity index is 373. The minimum absolute atomic E-state index is 0.448. The van der Waals surface area contributed by atoms with Gasteiger partial charge in [0.2, 0.25) is 0 Å². The lowest BCUT2D eigenvalue weighted by atomic mass is 10.2. The molecule has 4 nitrogen and oxygen atoms in total. The molecule has 0 saturated carbocycles. The van der Waals surface area contributed by atoms with Gasteiger partial charge in [0.25, 0.3) is 0 Å². The highest BCUT2D eigenvalue weighted by Crippen LogP contribution is 2.28. The Morgan fingerprint density at radius 2 is 1.94 bits per heavy atom. The van der Waals surface area contributed by atoms with Crippen molar-refractivity contribution in [3.8, 4) is 5.75 Å². The van der Waals surface area contributed by atoms with Gasteiger partial charge in [-0.15, -0.1) is 0 Å². The van der Waals surface area contributed by atoms with E-state index in [0.29, 0.717) is 11.4 Å². The van der Waals surface area contributed by atoms with Crippen LogP contribution in [0.3, 0.4) is 0 Å². The van der Waals surface area contributed by atoms with E-state index < -0.39 is 0 Å². The monoisotopic (exact) mass is 234 g/mol. The smallest absolute Gasteiger partial charge is 0.145 e. The maximum Gasteiger partial charge on any atom is 0.145 e. The van der Waals surface area contributed by atoms with Gasteiger partial charge in [-0.3, -0.25) is 5.73 Å². The second kappa shape index (κ2) is 5.27. The predicted molar refractivity (Wildman–Crippen MR) is 70.1 cm³/mol. The van der Waals surface area contributed by atoms with Gasteiger partial charge in [-0.05, 0) is 18.7 Å². The zero-order valence-corrected chi connectivity index (χ0v) is 10.6. The van der Waals surface area contributed by atoms with Gasteiger partial charge < -0.3 is 14.5 Å². The molecule has 1 aliphatic rings. The number of methoxy groups -OCH3 is 1. The molecule has 0 atom stereocenters. The van der Waals surface area contributed by atoms with E-state index in [2.05, 4.69) is 16.7 Å². The van der Waals surface area contributed by atoms with Crippen molar-refractivity contribution in [2.24, 2.45) is 0 Å². The van der Waals surface area contributed by atoms with E-state index in [9.17, 15) is 0 Å². The molecule has 0 aliphatic carbocycles. The summed E-state index contributed by atoms with van der Waals surface area (Å²) < 4.78 is 5.19. The van der Waals surface area contributed by atoms with Crippen molar-refractivity contribution >= 4 is 11.4 Å². The molecule has 1 aromatic rings. The van der Waals surface area contributed by atoms with Gasteiger partial charge in [-0.25, -0.2) is 0 Å². The molecular formula is C13H20N3O. The maximum absolute atomic E-state index is 7.69. The molecular weight excluding hydrogens is 214 g/mol. The third kappa shape index (κ3) is 2.64. The van der Waals surface area contributed by atoms with Crippen LogP contribution in [-0.4, -0.2) is 44.7 Å². The Balaban J connectivity index is 2.08. The van der Waals surface area contributed by atoms with Gasteiger partial charge in [0.1, 0.15) is 5.75 Å². The second-order valence-corrected chi connectivity index (χ2v) is 4.31. The van der Waals surface area contributed by atoms with Crippen molar-refractivity contribution in [1.82, 2.24) is 10.6 Å². The number of piperazine rings is 1. The molecule has 1 aromatic carbocycles. The first-order chi connectivity index (χ1) is 8.24. The largest absolute Gasteiger partial charge is 0.494 e. The standard InChI is InChI=1S/C13H20N3O/c1-3-15-6-8-16(9-7-15)11-4-5-12(14)13(10-11)17-2/h4-5,10,14H,3,6-9H2,1-2H3. The fourth-order valence-corrected chi connectivity index (χ4v) is 2.20. The van der Waals surface area contributed by atoms with Crippen LogP contribution in [0.25, 0.3) is 0 Å². The van der Waals surface area contributed by atoms with E-state index in [0.717, 1.165) is 38.4 Å². The van der Waals surface area contributed by atoms with Crippen molar-refractivity contribution in [2.45, 2.75) is 6.92 Å². The number of ether oxygens (including phenoxy) is 1. The lowest BCUT2D eigenvalue weighted by molar-refractivity contribution is 0.271. The zero-order chi connectivity index (χ0) is 12.3. The van der Waals surface area contributed by atoms with E-state index in [-0.39, 0.29) is 0 Å². The Kier molecular flexibility index (Phi) is 3.74. The average Bonchev–Trinajstić information content (AvgIpc) is 2.39. The molecule has 93 valence electrons. The van der Waals surface area contributed by atoms with Gasteiger partial charge in [0, 0.05) is 37.9 Å². The van der Waals surface area contributed by atoms with Crippen LogP contribution in [0.15, 0.2) is 18.2 Å². The molecule has 1 radical (unpaired) electrons. The molecule has 4 heteroatoms. The van der Waals surface area contributed by atoms with Crippen LogP contribution in [0.4, 0.5) is 11.4 Å². The summed E-state index contributed by atoms with van der Waals surface area (Å²) >= 11 is 0. The number of benzene rings is 1. The summed E-state index contributed by atoms with van der Waals surface area (Å²) in [5, 5.41) is 0. The fraction of sp³-hybridized carbons (Fsp3) is 0.538. The Labute approximate surface area is 103 Å². The molecule has 1 saturated heterocycles. The minimum atomic E-state index is 0.448. The molecule has 17 heavy (non-hydrogen) atoms. The Morgan fingerprint density at radius 1 is 1.24 bits per heavy atom. The number of hydrogen-bond acceptors (Lipinski definition) is 3. The molecule has 0 amide bonds. The van der Waals surface area contributed by atoms with Crippen LogP contribution in [0.1, 0.15) is 6.92 Å². The molecule has 0 aromatic heterocycles. The van der Waals surface area contributed by atoms with Crippen molar-refractivity contribution < 1.29 is 4.74 Å². The van der Waals surface area contributed by atoms with Crippen LogP contribution < -0.4 is 15.4 Å². The first-order valence-corrected chi connectivity index (χ1v) is 6.11. The second-order valence-electron chi connectivity index (χ2n) is 4.31. The van der Waals surface area contributed by atoms with Crippen LogP contribution >= 0.6 is 0 Å². The normalized spacial score (nSPS) is 17.2. The van der Waals surface area contributed by atoms with Gasteiger partial charge in [-0.2, -0.15) is 0 Å². The number of rotatable bonds is 3. The van der Waals surface area contributed by atoms with E-state index in [1.54, 1.807) is 13.2 Å². The number of nitrogens with zero attached hydrogens (tertiary/aromatic N) is 2. The number of likely N-dealkylation sites (N-methyl/N-ethyl adjacent to an activating group) is 1. The van der Waals surface area contributed by atoms with E-state index >= 15 is 0 Å². The third-order valence-corrected chi connectivity index (χ3v) is 3.37. The number of nitrogens with one attached hydrogen (secondary N) is 1. The highest BCUT2D eigenvalue weighted by Gasteiger charge is 2.16. The molecule has 1 heterocycles. The molecule has 1 aliphatic heterocycles. The SMILES string of the molecule is CCN1CCN(c2ccc([NH])c(OC)c2)CC1. The van der Waals surface area contributed by atoms with Gasteiger partial charge >= 0.3 is 0 Å². The van der Waals surface area contributed by atoms with Crippen LogP contribution in [0, 0.1) is 0 Å². The third-order valence-electron chi connectivity index (χ3n) is 3.37.